The van der Waals surface area contributed by atoms with Crippen LogP contribution in [-0.2, 0) is 9.47 Å². The fourth-order valence-corrected chi connectivity index (χ4v) is 6.20. The first-order chi connectivity index (χ1) is 15.0. The fraction of sp³-hybridized carbons (Fsp3) is 0.462. The Morgan fingerprint density at radius 2 is 1.39 bits per heavy atom. The van der Waals surface area contributed by atoms with Crippen molar-refractivity contribution in [2.75, 3.05) is 7.11 Å². The summed E-state index contributed by atoms with van der Waals surface area (Å²) in [5.74, 6) is 1.58. The van der Waals surface area contributed by atoms with Gasteiger partial charge in [0.05, 0.1) is 18.2 Å². The molecule has 2 bridgehead atoms. The molecule has 6 atom stereocenters. The summed E-state index contributed by atoms with van der Waals surface area (Å²) in [7, 11) is 1.57. The molecule has 5 rings (SSSR count). The number of benzene rings is 2. The standard InChI is InChI=1S/C26H28O5/c1-15-6-3-7-16(12-15)25(27)30-23-21-14-22(20-11-5-10-19(20)21)24(23)31-26(28)17-8-4-9-18(13-17)29-2/h3-4,6-9,12-13,19-24H,5,10-11,14H2,1-2H3. The summed E-state index contributed by atoms with van der Waals surface area (Å²) < 4.78 is 17.3. The van der Waals surface area contributed by atoms with Crippen molar-refractivity contribution in [3.8, 4) is 5.75 Å². The van der Waals surface area contributed by atoms with Crippen LogP contribution >= 0.6 is 0 Å². The van der Waals surface area contributed by atoms with Crippen molar-refractivity contribution in [1.29, 1.82) is 0 Å². The van der Waals surface area contributed by atoms with Gasteiger partial charge in [-0.3, -0.25) is 0 Å². The molecule has 3 aliphatic carbocycles. The van der Waals surface area contributed by atoms with Gasteiger partial charge in [0, 0.05) is 11.8 Å². The lowest BCUT2D eigenvalue weighted by molar-refractivity contribution is -0.0766. The summed E-state index contributed by atoms with van der Waals surface area (Å²) in [4.78, 5) is 25.9. The monoisotopic (exact) mass is 420 g/mol. The molecule has 0 radical (unpaired) electrons. The quantitative estimate of drug-likeness (QED) is 0.649. The van der Waals surface area contributed by atoms with E-state index in [2.05, 4.69) is 0 Å². The first kappa shape index (κ1) is 20.1. The third-order valence-corrected chi connectivity index (χ3v) is 7.48. The molecule has 0 spiro atoms. The van der Waals surface area contributed by atoms with E-state index in [0.29, 0.717) is 28.7 Å². The minimum Gasteiger partial charge on any atom is -0.497 e. The number of rotatable bonds is 5. The Balaban J connectivity index is 1.38. The van der Waals surface area contributed by atoms with E-state index < -0.39 is 6.10 Å². The lowest BCUT2D eigenvalue weighted by atomic mass is 9.78. The number of fused-ring (bicyclic) bond motifs is 5. The minimum absolute atomic E-state index is 0.266. The molecule has 5 nitrogen and oxygen atoms in total. The summed E-state index contributed by atoms with van der Waals surface area (Å²) in [6.07, 6.45) is 3.76. The van der Waals surface area contributed by atoms with Crippen molar-refractivity contribution >= 4 is 11.9 Å². The smallest absolute Gasteiger partial charge is 0.338 e. The van der Waals surface area contributed by atoms with Crippen LogP contribution in [0.5, 0.6) is 5.75 Å². The van der Waals surface area contributed by atoms with Crippen molar-refractivity contribution in [2.45, 2.75) is 44.8 Å². The van der Waals surface area contributed by atoms with Gasteiger partial charge >= 0.3 is 11.9 Å². The van der Waals surface area contributed by atoms with E-state index in [-0.39, 0.29) is 29.9 Å². The van der Waals surface area contributed by atoms with E-state index >= 15 is 0 Å². The predicted octanol–water partition coefficient (Wildman–Crippen LogP) is 4.82. The number of esters is 2. The maximum Gasteiger partial charge on any atom is 0.338 e. The van der Waals surface area contributed by atoms with E-state index in [9.17, 15) is 9.59 Å². The highest BCUT2D eigenvalue weighted by atomic mass is 16.6. The second kappa shape index (κ2) is 8.03. The van der Waals surface area contributed by atoms with Gasteiger partial charge in [0.15, 0.2) is 0 Å². The molecule has 3 aliphatic rings. The van der Waals surface area contributed by atoms with Crippen molar-refractivity contribution in [3.63, 3.8) is 0 Å². The number of carbonyl (C=O) groups excluding carboxylic acids is 2. The van der Waals surface area contributed by atoms with Crippen LogP contribution in [0.3, 0.4) is 0 Å². The summed E-state index contributed by atoms with van der Waals surface area (Å²) in [5, 5.41) is 0. The maximum absolute atomic E-state index is 13.0. The lowest BCUT2D eigenvalue weighted by Crippen LogP contribution is -2.45. The normalized spacial score (nSPS) is 30.6. The highest BCUT2D eigenvalue weighted by molar-refractivity contribution is 5.91. The number of aryl methyl sites for hydroxylation is 1. The van der Waals surface area contributed by atoms with Gasteiger partial charge < -0.3 is 14.2 Å². The van der Waals surface area contributed by atoms with Gasteiger partial charge in [-0.15, -0.1) is 0 Å². The molecule has 162 valence electrons. The SMILES string of the molecule is COc1cccc(C(=O)OC2C3CC(C4CCCC43)C2OC(=O)c2cccc(C)c2)c1. The molecular weight excluding hydrogens is 392 g/mol. The second-order valence-electron chi connectivity index (χ2n) is 9.16. The Morgan fingerprint density at radius 3 is 1.97 bits per heavy atom. The van der Waals surface area contributed by atoms with Crippen LogP contribution in [-0.4, -0.2) is 31.3 Å². The maximum atomic E-state index is 13.0. The van der Waals surface area contributed by atoms with Crippen LogP contribution in [0.4, 0.5) is 0 Å². The van der Waals surface area contributed by atoms with E-state index in [0.717, 1.165) is 12.0 Å². The van der Waals surface area contributed by atoms with Crippen LogP contribution in [0.1, 0.15) is 52.0 Å². The van der Waals surface area contributed by atoms with Gasteiger partial charge in [-0.25, -0.2) is 9.59 Å². The van der Waals surface area contributed by atoms with E-state index in [1.807, 2.05) is 25.1 Å². The van der Waals surface area contributed by atoms with Crippen LogP contribution in [0.25, 0.3) is 0 Å². The molecule has 3 saturated carbocycles. The molecule has 0 amide bonds. The average molecular weight is 421 g/mol. The molecule has 0 N–H and O–H groups in total. The van der Waals surface area contributed by atoms with Crippen molar-refractivity contribution in [3.05, 3.63) is 65.2 Å². The molecule has 2 aromatic carbocycles. The van der Waals surface area contributed by atoms with Crippen LogP contribution in [0.2, 0.25) is 0 Å². The zero-order chi connectivity index (χ0) is 21.5. The van der Waals surface area contributed by atoms with Gasteiger partial charge in [0.2, 0.25) is 0 Å². The summed E-state index contributed by atoms with van der Waals surface area (Å²) in [6.45, 7) is 1.95. The van der Waals surface area contributed by atoms with Gasteiger partial charge in [-0.1, -0.05) is 30.2 Å². The highest BCUT2D eigenvalue weighted by Crippen LogP contribution is 2.60. The Morgan fingerprint density at radius 1 is 0.806 bits per heavy atom. The van der Waals surface area contributed by atoms with Gasteiger partial charge in [0.1, 0.15) is 18.0 Å². The summed E-state index contributed by atoms with van der Waals surface area (Å²) in [5.41, 5.74) is 2.01. The van der Waals surface area contributed by atoms with Crippen molar-refractivity contribution in [2.24, 2.45) is 23.7 Å². The van der Waals surface area contributed by atoms with Gasteiger partial charge in [0.25, 0.3) is 0 Å². The molecule has 0 aliphatic heterocycles. The summed E-state index contributed by atoms with van der Waals surface area (Å²) in [6, 6.07) is 14.4. The molecule has 0 heterocycles. The van der Waals surface area contributed by atoms with Crippen molar-refractivity contribution in [1.82, 2.24) is 0 Å². The Bertz CT molecular complexity index is 999. The average Bonchev–Trinajstić information content (AvgIpc) is 3.47. The second-order valence-corrected chi connectivity index (χ2v) is 9.16. The number of ether oxygens (including phenoxy) is 3. The number of hydrogen-bond acceptors (Lipinski definition) is 5. The van der Waals surface area contributed by atoms with Crippen LogP contribution in [0.15, 0.2) is 48.5 Å². The van der Waals surface area contributed by atoms with E-state index in [1.165, 1.54) is 19.3 Å². The fourth-order valence-electron chi connectivity index (χ4n) is 6.20. The van der Waals surface area contributed by atoms with Crippen molar-refractivity contribution < 1.29 is 23.8 Å². The molecule has 0 aromatic heterocycles. The number of hydrogen-bond donors (Lipinski definition) is 0. The minimum atomic E-state index is -0.392. The molecule has 0 saturated heterocycles. The zero-order valence-electron chi connectivity index (χ0n) is 18.0. The first-order valence-electron chi connectivity index (χ1n) is 11.2. The lowest BCUT2D eigenvalue weighted by Gasteiger charge is -2.37. The molecule has 31 heavy (non-hydrogen) atoms. The molecule has 2 aromatic rings. The van der Waals surface area contributed by atoms with E-state index in [4.69, 9.17) is 14.2 Å². The predicted molar refractivity (Wildman–Crippen MR) is 115 cm³/mol. The number of carbonyl (C=O) groups is 2. The third-order valence-electron chi connectivity index (χ3n) is 7.48. The van der Waals surface area contributed by atoms with Gasteiger partial charge in [-0.2, -0.15) is 0 Å². The highest BCUT2D eigenvalue weighted by Gasteiger charge is 2.62. The van der Waals surface area contributed by atoms with Gasteiger partial charge in [-0.05, 0) is 68.4 Å². The Labute approximate surface area is 182 Å². The zero-order valence-corrected chi connectivity index (χ0v) is 18.0. The molecule has 3 fully saturated rings. The first-order valence-corrected chi connectivity index (χ1v) is 11.2. The molecule has 5 heteroatoms. The number of methoxy groups -OCH3 is 1. The third kappa shape index (κ3) is 3.60. The topological polar surface area (TPSA) is 61.8 Å². The largest absolute Gasteiger partial charge is 0.497 e. The summed E-state index contributed by atoms with van der Waals surface area (Å²) >= 11 is 0. The molecular formula is C26H28O5. The Hall–Kier alpha value is -2.82. The Kier molecular flexibility index (Phi) is 5.20. The van der Waals surface area contributed by atoms with Crippen LogP contribution < -0.4 is 4.74 Å². The van der Waals surface area contributed by atoms with E-state index in [1.54, 1.807) is 37.4 Å². The molecule has 6 unspecified atom stereocenters. The van der Waals surface area contributed by atoms with Crippen LogP contribution in [0, 0.1) is 30.6 Å².